The molecule has 9 N–H and O–H groups in total. The zero-order chi connectivity index (χ0) is 27.9. The van der Waals surface area contributed by atoms with Crippen LogP contribution in [0.1, 0.15) is 30.4 Å². The van der Waals surface area contributed by atoms with Crippen LogP contribution in [0.15, 0.2) is 60.7 Å². The minimum absolute atomic E-state index is 0.0627. The third-order valence-corrected chi connectivity index (χ3v) is 5.93. The summed E-state index contributed by atoms with van der Waals surface area (Å²) in [5.41, 5.74) is 13.0. The van der Waals surface area contributed by atoms with E-state index in [4.69, 9.17) is 11.5 Å². The number of carbonyl (C=O) groups is 4. The Bertz CT molecular complexity index is 1040. The van der Waals surface area contributed by atoms with E-state index < -0.39 is 54.5 Å². The van der Waals surface area contributed by atoms with Gasteiger partial charge in [0.25, 0.3) is 0 Å². The summed E-state index contributed by atoms with van der Waals surface area (Å²) < 4.78 is 0. The molecule has 0 heterocycles. The molecule has 3 amide bonds. The van der Waals surface area contributed by atoms with E-state index in [1.165, 1.54) is 0 Å². The van der Waals surface area contributed by atoms with E-state index in [1.54, 1.807) is 30.3 Å². The number of aliphatic hydroxyl groups is 1. The number of carboxylic acid groups (broad SMARTS) is 1. The number of carbonyl (C=O) groups excluding carboxylic acids is 3. The smallest absolute Gasteiger partial charge is 0.326 e. The minimum atomic E-state index is -1.37. The van der Waals surface area contributed by atoms with Gasteiger partial charge in [-0.3, -0.25) is 14.4 Å². The molecule has 206 valence electrons. The van der Waals surface area contributed by atoms with Crippen LogP contribution in [0.3, 0.4) is 0 Å². The highest BCUT2D eigenvalue weighted by molar-refractivity contribution is 5.94. The van der Waals surface area contributed by atoms with Crippen molar-refractivity contribution in [2.75, 3.05) is 13.2 Å². The van der Waals surface area contributed by atoms with Crippen LogP contribution in [0, 0.1) is 0 Å². The molecular formula is C27H37N5O6. The Morgan fingerprint density at radius 3 is 1.74 bits per heavy atom. The van der Waals surface area contributed by atoms with Crippen LogP contribution in [-0.4, -0.2) is 71.2 Å². The second kappa shape index (κ2) is 16.1. The lowest BCUT2D eigenvalue weighted by Crippen LogP contribution is -2.58. The predicted molar refractivity (Wildman–Crippen MR) is 142 cm³/mol. The molecule has 2 aromatic rings. The number of nitrogens with one attached hydrogen (secondary N) is 3. The first-order valence-electron chi connectivity index (χ1n) is 12.5. The van der Waals surface area contributed by atoms with Crippen molar-refractivity contribution in [3.63, 3.8) is 0 Å². The summed E-state index contributed by atoms with van der Waals surface area (Å²) in [6.45, 7) is -0.331. The number of rotatable bonds is 16. The van der Waals surface area contributed by atoms with Gasteiger partial charge in [-0.1, -0.05) is 60.7 Å². The van der Waals surface area contributed by atoms with E-state index in [0.717, 1.165) is 11.1 Å². The highest BCUT2D eigenvalue weighted by atomic mass is 16.4. The van der Waals surface area contributed by atoms with E-state index in [-0.39, 0.29) is 19.3 Å². The van der Waals surface area contributed by atoms with E-state index >= 15 is 0 Å². The first kappa shape index (κ1) is 30.4. The first-order chi connectivity index (χ1) is 18.2. The molecule has 0 bridgehead atoms. The molecule has 2 rings (SSSR count). The molecule has 11 nitrogen and oxygen atoms in total. The summed E-state index contributed by atoms with van der Waals surface area (Å²) in [6.07, 6.45) is 1.58. The van der Waals surface area contributed by atoms with Crippen LogP contribution in [0.25, 0.3) is 0 Å². The number of nitrogens with two attached hydrogens (primary N) is 2. The van der Waals surface area contributed by atoms with Gasteiger partial charge in [0.15, 0.2) is 0 Å². The Balaban J connectivity index is 2.10. The van der Waals surface area contributed by atoms with Crippen molar-refractivity contribution in [2.45, 2.75) is 56.3 Å². The maximum Gasteiger partial charge on any atom is 0.326 e. The average molecular weight is 528 g/mol. The number of carboxylic acids is 1. The highest BCUT2D eigenvalue weighted by Gasteiger charge is 2.30. The Morgan fingerprint density at radius 2 is 1.21 bits per heavy atom. The fourth-order valence-electron chi connectivity index (χ4n) is 3.79. The van der Waals surface area contributed by atoms with Gasteiger partial charge < -0.3 is 37.6 Å². The number of hydrogen-bond donors (Lipinski definition) is 7. The van der Waals surface area contributed by atoms with E-state index in [0.29, 0.717) is 19.4 Å². The summed E-state index contributed by atoms with van der Waals surface area (Å²) in [5.74, 6) is -3.35. The standard InChI is InChI=1S/C27H37N5O6/c28-14-8-7-13-21(27(37)38)30-25(35)22(16-19-11-5-2-6-12-19)31-26(36)23(17-33)32-24(34)20(29)15-18-9-3-1-4-10-18/h1-6,9-12,20-23,33H,7-8,13-17,28-29H2,(H,30,35)(H,31,36)(H,32,34)(H,37,38)/t20-,21-,22-,23-/m0/s1. The molecule has 0 saturated carbocycles. The third-order valence-electron chi connectivity index (χ3n) is 5.93. The molecule has 0 aliphatic carbocycles. The number of unbranched alkanes of at least 4 members (excludes halogenated alkanes) is 1. The van der Waals surface area contributed by atoms with Gasteiger partial charge in [-0.05, 0) is 43.4 Å². The summed E-state index contributed by atoms with van der Waals surface area (Å²) in [4.78, 5) is 50.4. The first-order valence-corrected chi connectivity index (χ1v) is 12.5. The fraction of sp³-hybridized carbons (Fsp3) is 0.407. The van der Waals surface area contributed by atoms with Crippen molar-refractivity contribution >= 4 is 23.7 Å². The molecule has 0 fully saturated rings. The van der Waals surface area contributed by atoms with Gasteiger partial charge in [0.2, 0.25) is 17.7 Å². The zero-order valence-corrected chi connectivity index (χ0v) is 21.2. The second-order valence-corrected chi connectivity index (χ2v) is 8.97. The lowest BCUT2D eigenvalue weighted by atomic mass is 10.0. The summed E-state index contributed by atoms with van der Waals surface area (Å²) >= 11 is 0. The number of aliphatic carboxylic acids is 1. The van der Waals surface area contributed by atoms with Crippen LogP contribution < -0.4 is 27.4 Å². The van der Waals surface area contributed by atoms with Gasteiger partial charge in [-0.2, -0.15) is 0 Å². The van der Waals surface area contributed by atoms with Crippen molar-refractivity contribution in [1.29, 1.82) is 0 Å². The molecule has 0 spiro atoms. The van der Waals surface area contributed by atoms with Crippen LogP contribution in [0.2, 0.25) is 0 Å². The molecule has 0 aliphatic rings. The van der Waals surface area contributed by atoms with Crippen molar-refractivity contribution in [3.8, 4) is 0 Å². The van der Waals surface area contributed by atoms with Crippen molar-refractivity contribution in [1.82, 2.24) is 16.0 Å². The lowest BCUT2D eigenvalue weighted by Gasteiger charge is -2.24. The van der Waals surface area contributed by atoms with Gasteiger partial charge in [0, 0.05) is 6.42 Å². The maximum absolute atomic E-state index is 13.1. The van der Waals surface area contributed by atoms with Crippen LogP contribution >= 0.6 is 0 Å². The Kier molecular flexibility index (Phi) is 12.9. The normalized spacial score (nSPS) is 14.0. The van der Waals surface area contributed by atoms with E-state index in [1.807, 2.05) is 30.3 Å². The lowest BCUT2D eigenvalue weighted by molar-refractivity contribution is -0.142. The molecule has 0 unspecified atom stereocenters. The largest absolute Gasteiger partial charge is 0.480 e. The third kappa shape index (κ3) is 10.3. The topological polar surface area (TPSA) is 197 Å². The Labute approximate surface area is 222 Å². The van der Waals surface area contributed by atoms with Gasteiger partial charge in [-0.25, -0.2) is 4.79 Å². The van der Waals surface area contributed by atoms with Gasteiger partial charge in [0.1, 0.15) is 18.1 Å². The number of amides is 3. The molecule has 4 atom stereocenters. The number of hydrogen-bond acceptors (Lipinski definition) is 7. The highest BCUT2D eigenvalue weighted by Crippen LogP contribution is 2.07. The molecule has 38 heavy (non-hydrogen) atoms. The van der Waals surface area contributed by atoms with E-state index in [2.05, 4.69) is 16.0 Å². The molecule has 0 aliphatic heterocycles. The van der Waals surface area contributed by atoms with Gasteiger partial charge in [0.05, 0.1) is 12.6 Å². The van der Waals surface area contributed by atoms with Gasteiger partial charge >= 0.3 is 5.97 Å². The Hall–Kier alpha value is -3.80. The molecule has 0 saturated heterocycles. The van der Waals surface area contributed by atoms with Crippen molar-refractivity contribution < 1.29 is 29.4 Å². The van der Waals surface area contributed by atoms with Crippen LogP contribution in [0.4, 0.5) is 0 Å². The summed E-state index contributed by atoms with van der Waals surface area (Å²) in [7, 11) is 0. The average Bonchev–Trinajstić information content (AvgIpc) is 2.91. The quantitative estimate of drug-likeness (QED) is 0.141. The summed E-state index contributed by atoms with van der Waals surface area (Å²) in [5, 5.41) is 26.8. The fourth-order valence-corrected chi connectivity index (χ4v) is 3.79. The van der Waals surface area contributed by atoms with Crippen LogP contribution in [0.5, 0.6) is 0 Å². The molecular weight excluding hydrogens is 490 g/mol. The van der Waals surface area contributed by atoms with Crippen molar-refractivity contribution in [3.05, 3.63) is 71.8 Å². The van der Waals surface area contributed by atoms with Crippen LogP contribution in [-0.2, 0) is 32.0 Å². The summed E-state index contributed by atoms with van der Waals surface area (Å²) in [6, 6.07) is 13.3. The minimum Gasteiger partial charge on any atom is -0.480 e. The Morgan fingerprint density at radius 1 is 0.711 bits per heavy atom. The zero-order valence-electron chi connectivity index (χ0n) is 21.2. The molecule has 2 aromatic carbocycles. The molecule has 0 aromatic heterocycles. The molecule has 11 heteroatoms. The monoisotopic (exact) mass is 527 g/mol. The maximum atomic E-state index is 13.1. The van der Waals surface area contributed by atoms with Crippen molar-refractivity contribution in [2.24, 2.45) is 11.5 Å². The molecule has 0 radical (unpaired) electrons. The number of aliphatic hydroxyl groups excluding tert-OH is 1. The predicted octanol–water partition coefficient (Wildman–Crippen LogP) is -0.541. The SMILES string of the molecule is NCCCC[C@H](NC(=O)[C@H](Cc1ccccc1)NC(=O)[C@H](CO)NC(=O)[C@@H](N)Cc1ccccc1)C(=O)O. The van der Waals surface area contributed by atoms with E-state index in [9.17, 15) is 29.4 Å². The second-order valence-electron chi connectivity index (χ2n) is 8.97. The number of benzene rings is 2. The van der Waals surface area contributed by atoms with Gasteiger partial charge in [-0.15, -0.1) is 0 Å².